The van der Waals surface area contributed by atoms with Crippen LogP contribution in [0.4, 0.5) is 0 Å². The Morgan fingerprint density at radius 2 is 2.07 bits per heavy atom. The molecule has 0 aliphatic carbocycles. The molecule has 1 rings (SSSR count). The lowest BCUT2D eigenvalue weighted by Gasteiger charge is -2.17. The van der Waals surface area contributed by atoms with E-state index in [1.807, 2.05) is 0 Å². The number of phosphoric acid groups is 1. The number of aliphatic hydroxyl groups is 2. The molecule has 4 N–H and O–H groups in total. The molecule has 0 radical (unpaired) electrons. The molecule has 0 aromatic heterocycles. The maximum absolute atomic E-state index is 10.5. The van der Waals surface area contributed by atoms with Crippen molar-refractivity contribution in [3.63, 3.8) is 0 Å². The van der Waals surface area contributed by atoms with Gasteiger partial charge in [-0.3, -0.25) is 4.52 Å². The summed E-state index contributed by atoms with van der Waals surface area (Å²) < 4.78 is 19.5. The molecule has 88 valence electrons. The van der Waals surface area contributed by atoms with Crippen LogP contribution in [-0.2, 0) is 18.6 Å². The lowest BCUT2D eigenvalue weighted by Crippen LogP contribution is -2.36. The first kappa shape index (κ1) is 12.7. The molecule has 4 atom stereocenters. The van der Waals surface area contributed by atoms with Gasteiger partial charge in [-0.05, 0) is 0 Å². The highest BCUT2D eigenvalue weighted by atomic mass is 31.2. The molecule has 9 heteroatoms. The first-order valence-corrected chi connectivity index (χ1v) is 5.55. The van der Waals surface area contributed by atoms with Crippen molar-refractivity contribution in [1.82, 2.24) is 0 Å². The lowest BCUT2D eigenvalue weighted by atomic mass is 10.1. The maximum Gasteiger partial charge on any atom is 0.470 e. The summed E-state index contributed by atoms with van der Waals surface area (Å²) in [4.78, 5) is 27.5. The van der Waals surface area contributed by atoms with E-state index in [0.29, 0.717) is 0 Å². The first-order valence-electron chi connectivity index (χ1n) is 4.02. The number of carbonyl (C=O) groups excluding carboxylic acids is 1. The summed E-state index contributed by atoms with van der Waals surface area (Å²) >= 11 is 0. The minimum atomic E-state index is -4.82. The fraction of sp³-hybridized carbons (Fsp3) is 0.833. The predicted octanol–water partition coefficient (Wildman–Crippen LogP) is -2.22. The standard InChI is InChI=1S/C6H11O8P/c7-1-3-5(9)6(4(2-8)13-3)14-15(10,11)12/h2-7,9H,1H2,(H2,10,11,12)/t3-,4?,5-,6+/m1/s1. The molecule has 15 heavy (non-hydrogen) atoms. The average molecular weight is 242 g/mol. The van der Waals surface area contributed by atoms with E-state index in [2.05, 4.69) is 4.52 Å². The van der Waals surface area contributed by atoms with Gasteiger partial charge in [0.2, 0.25) is 0 Å². The quantitative estimate of drug-likeness (QED) is 0.322. The molecule has 0 spiro atoms. The van der Waals surface area contributed by atoms with Crippen molar-refractivity contribution in [3.05, 3.63) is 0 Å². The largest absolute Gasteiger partial charge is 0.470 e. The van der Waals surface area contributed by atoms with Gasteiger partial charge in [-0.1, -0.05) is 0 Å². The molecule has 1 heterocycles. The summed E-state index contributed by atoms with van der Waals surface area (Å²) in [5, 5.41) is 18.1. The van der Waals surface area contributed by atoms with E-state index in [-0.39, 0.29) is 6.29 Å². The lowest BCUT2D eigenvalue weighted by molar-refractivity contribution is -0.121. The van der Waals surface area contributed by atoms with Gasteiger partial charge in [0.15, 0.2) is 6.29 Å². The number of carbonyl (C=O) groups is 1. The van der Waals surface area contributed by atoms with E-state index in [1.165, 1.54) is 0 Å². The summed E-state index contributed by atoms with van der Waals surface area (Å²) in [5.41, 5.74) is 0. The molecule has 0 aromatic rings. The summed E-state index contributed by atoms with van der Waals surface area (Å²) in [6.07, 6.45) is -5.07. The van der Waals surface area contributed by atoms with Crippen molar-refractivity contribution in [2.45, 2.75) is 24.4 Å². The van der Waals surface area contributed by atoms with Crippen LogP contribution in [0.5, 0.6) is 0 Å². The van der Waals surface area contributed by atoms with Gasteiger partial charge in [0.1, 0.15) is 24.4 Å². The third kappa shape index (κ3) is 3.05. The van der Waals surface area contributed by atoms with Crippen LogP contribution in [0.3, 0.4) is 0 Å². The minimum Gasteiger partial charge on any atom is -0.394 e. The molecule has 1 aliphatic rings. The molecule has 0 aromatic carbocycles. The van der Waals surface area contributed by atoms with Crippen molar-refractivity contribution in [3.8, 4) is 0 Å². The van der Waals surface area contributed by atoms with Crippen LogP contribution < -0.4 is 0 Å². The van der Waals surface area contributed by atoms with Gasteiger partial charge in [0.05, 0.1) is 6.61 Å². The third-order valence-electron chi connectivity index (χ3n) is 1.95. The Kier molecular flexibility index (Phi) is 3.96. The second kappa shape index (κ2) is 4.67. The highest BCUT2D eigenvalue weighted by molar-refractivity contribution is 7.46. The van der Waals surface area contributed by atoms with E-state index in [4.69, 9.17) is 19.6 Å². The molecule has 1 fully saturated rings. The zero-order chi connectivity index (χ0) is 11.6. The second-order valence-corrected chi connectivity index (χ2v) is 4.20. The van der Waals surface area contributed by atoms with E-state index in [0.717, 1.165) is 0 Å². The Balaban J connectivity index is 2.76. The van der Waals surface area contributed by atoms with Gasteiger partial charge < -0.3 is 29.5 Å². The smallest absolute Gasteiger partial charge is 0.394 e. The van der Waals surface area contributed by atoms with Crippen LogP contribution in [0.2, 0.25) is 0 Å². The average Bonchev–Trinajstić information content (AvgIpc) is 2.42. The number of phosphoric ester groups is 1. The van der Waals surface area contributed by atoms with Gasteiger partial charge >= 0.3 is 7.82 Å². The zero-order valence-electron chi connectivity index (χ0n) is 7.46. The Morgan fingerprint density at radius 3 is 2.47 bits per heavy atom. The van der Waals surface area contributed by atoms with Crippen LogP contribution in [0, 0.1) is 0 Å². The van der Waals surface area contributed by atoms with Crippen LogP contribution in [-0.4, -0.2) is 57.3 Å². The highest BCUT2D eigenvalue weighted by Crippen LogP contribution is 2.41. The Hall–Kier alpha value is -0.340. The number of hydrogen-bond acceptors (Lipinski definition) is 6. The predicted molar refractivity (Wildman–Crippen MR) is 44.7 cm³/mol. The van der Waals surface area contributed by atoms with Gasteiger partial charge in [-0.15, -0.1) is 0 Å². The van der Waals surface area contributed by atoms with Crippen molar-refractivity contribution < 1.29 is 38.6 Å². The molecule has 1 aliphatic heterocycles. The van der Waals surface area contributed by atoms with E-state index < -0.39 is 38.8 Å². The monoisotopic (exact) mass is 242 g/mol. The minimum absolute atomic E-state index is 0.249. The molecular formula is C6H11O8P. The summed E-state index contributed by atoms with van der Waals surface area (Å²) in [5.74, 6) is 0. The van der Waals surface area contributed by atoms with Crippen LogP contribution in [0.15, 0.2) is 0 Å². The Bertz CT molecular complexity index is 274. The zero-order valence-corrected chi connectivity index (χ0v) is 8.36. The normalized spacial score (nSPS) is 36.8. The topological polar surface area (TPSA) is 134 Å². The molecule has 8 nitrogen and oxygen atoms in total. The number of hydrogen-bond donors (Lipinski definition) is 4. The van der Waals surface area contributed by atoms with Gasteiger partial charge in [-0.25, -0.2) is 4.57 Å². The number of aliphatic hydroxyl groups excluding tert-OH is 2. The number of rotatable bonds is 4. The number of aldehydes is 1. The fourth-order valence-corrected chi connectivity index (χ4v) is 1.87. The molecule has 1 saturated heterocycles. The SMILES string of the molecule is O=CC1O[C@H](CO)[C@@H](O)[C@H]1OP(=O)(O)O. The third-order valence-corrected chi connectivity index (χ3v) is 2.46. The van der Waals surface area contributed by atoms with E-state index >= 15 is 0 Å². The second-order valence-electron chi connectivity index (χ2n) is 3.01. The highest BCUT2D eigenvalue weighted by Gasteiger charge is 2.46. The molecule has 0 amide bonds. The summed E-state index contributed by atoms with van der Waals surface area (Å²) in [6, 6.07) is 0. The van der Waals surface area contributed by atoms with Crippen LogP contribution in [0.25, 0.3) is 0 Å². The summed E-state index contributed by atoms with van der Waals surface area (Å²) in [6.45, 7) is -0.577. The molecule has 0 saturated carbocycles. The van der Waals surface area contributed by atoms with Crippen molar-refractivity contribution in [1.29, 1.82) is 0 Å². The first-order chi connectivity index (χ1) is 6.89. The van der Waals surface area contributed by atoms with E-state index in [1.54, 1.807) is 0 Å². The molecule has 1 unspecified atom stereocenters. The fourth-order valence-electron chi connectivity index (χ4n) is 1.31. The van der Waals surface area contributed by atoms with Gasteiger partial charge in [0, 0.05) is 0 Å². The molecule has 0 bridgehead atoms. The van der Waals surface area contributed by atoms with Crippen LogP contribution >= 0.6 is 7.82 Å². The van der Waals surface area contributed by atoms with Crippen molar-refractivity contribution >= 4 is 14.1 Å². The van der Waals surface area contributed by atoms with Crippen molar-refractivity contribution in [2.24, 2.45) is 0 Å². The van der Waals surface area contributed by atoms with Crippen LogP contribution in [0.1, 0.15) is 0 Å². The Morgan fingerprint density at radius 1 is 1.47 bits per heavy atom. The van der Waals surface area contributed by atoms with Crippen molar-refractivity contribution in [2.75, 3.05) is 6.61 Å². The summed E-state index contributed by atoms with van der Waals surface area (Å²) in [7, 11) is -4.82. The van der Waals surface area contributed by atoms with Gasteiger partial charge in [-0.2, -0.15) is 0 Å². The number of ether oxygens (including phenoxy) is 1. The van der Waals surface area contributed by atoms with E-state index in [9.17, 15) is 14.5 Å². The maximum atomic E-state index is 10.5. The Labute approximate surface area is 84.7 Å². The van der Waals surface area contributed by atoms with Gasteiger partial charge in [0.25, 0.3) is 0 Å². The molecular weight excluding hydrogens is 231 g/mol.